The molecule has 0 bridgehead atoms. The van der Waals surface area contributed by atoms with Gasteiger partial charge in [-0.25, -0.2) is 18.2 Å². The summed E-state index contributed by atoms with van der Waals surface area (Å²) in [7, 11) is -3.98. The van der Waals surface area contributed by atoms with E-state index in [1.54, 1.807) is 28.0 Å². The van der Waals surface area contributed by atoms with Gasteiger partial charge >= 0.3 is 6.03 Å². The summed E-state index contributed by atoms with van der Waals surface area (Å²) < 4.78 is 26.7. The molecule has 0 radical (unpaired) electrons. The molecule has 2 fully saturated rings. The number of nitrogens with one attached hydrogen (secondary N) is 2. The third-order valence-corrected chi connectivity index (χ3v) is 8.00. The number of nitrogens with two attached hydrogens (primary N) is 1. The van der Waals surface area contributed by atoms with E-state index in [0.717, 1.165) is 49.3 Å². The van der Waals surface area contributed by atoms with Crippen molar-refractivity contribution < 1.29 is 13.2 Å². The highest BCUT2D eigenvalue weighted by Gasteiger charge is 2.31. The Bertz CT molecular complexity index is 1130. The van der Waals surface area contributed by atoms with E-state index in [1.165, 1.54) is 5.01 Å². The second-order valence-corrected chi connectivity index (χ2v) is 10.9. The van der Waals surface area contributed by atoms with Crippen LogP contribution < -0.4 is 10.6 Å². The number of fused-ring (bicyclic) bond motifs is 1. The summed E-state index contributed by atoms with van der Waals surface area (Å²) >= 11 is 0. The molecule has 2 amide bonds. The SMILES string of the molecule is N=C(N)N1CCCC(CN(NS(=O)(=O)c2ccc3ccccc3c2)C(=O)N2CCCCCC2)C1. The van der Waals surface area contributed by atoms with Gasteiger partial charge in [0.25, 0.3) is 10.0 Å². The summed E-state index contributed by atoms with van der Waals surface area (Å²) in [5.74, 6) is 0.0136. The number of urea groups is 1. The summed E-state index contributed by atoms with van der Waals surface area (Å²) in [4.78, 5) is 19.7. The van der Waals surface area contributed by atoms with Gasteiger partial charge < -0.3 is 15.5 Å². The van der Waals surface area contributed by atoms with Crippen LogP contribution in [0, 0.1) is 11.3 Å². The fourth-order valence-corrected chi connectivity index (χ4v) is 5.89. The van der Waals surface area contributed by atoms with Crippen LogP contribution in [0.2, 0.25) is 0 Å². The Hall–Kier alpha value is -2.85. The molecule has 0 aliphatic carbocycles. The molecule has 0 aromatic heterocycles. The zero-order valence-electron chi connectivity index (χ0n) is 19.4. The molecule has 9 nitrogen and oxygen atoms in total. The van der Waals surface area contributed by atoms with E-state index < -0.39 is 10.0 Å². The minimum Gasteiger partial charge on any atom is -0.370 e. The summed E-state index contributed by atoms with van der Waals surface area (Å²) in [6, 6.07) is 12.2. The van der Waals surface area contributed by atoms with Gasteiger partial charge in [0.1, 0.15) is 0 Å². The predicted molar refractivity (Wildman–Crippen MR) is 133 cm³/mol. The number of carbonyl (C=O) groups excluding carboxylic acids is 1. The van der Waals surface area contributed by atoms with Crippen molar-refractivity contribution in [1.82, 2.24) is 19.6 Å². The van der Waals surface area contributed by atoms with Crippen molar-refractivity contribution in [3.05, 3.63) is 42.5 Å². The number of hydrazine groups is 1. The van der Waals surface area contributed by atoms with Gasteiger partial charge in [-0.15, -0.1) is 4.83 Å². The monoisotopic (exact) mass is 486 g/mol. The van der Waals surface area contributed by atoms with E-state index in [4.69, 9.17) is 11.1 Å². The lowest BCUT2D eigenvalue weighted by molar-refractivity contribution is 0.123. The molecule has 184 valence electrons. The average molecular weight is 487 g/mol. The van der Waals surface area contributed by atoms with Crippen LogP contribution in [-0.4, -0.2) is 67.9 Å². The lowest BCUT2D eigenvalue weighted by Crippen LogP contribution is -2.55. The number of nitrogens with zero attached hydrogens (tertiary/aromatic N) is 3. The first kappa shape index (κ1) is 24.3. The number of hydrogen-bond acceptors (Lipinski definition) is 4. The van der Waals surface area contributed by atoms with Crippen LogP contribution in [0.25, 0.3) is 10.8 Å². The summed E-state index contributed by atoms with van der Waals surface area (Å²) in [5, 5.41) is 10.8. The van der Waals surface area contributed by atoms with Gasteiger partial charge in [-0.1, -0.05) is 43.2 Å². The smallest absolute Gasteiger partial charge is 0.335 e. The molecule has 0 spiro atoms. The number of guanidine groups is 1. The maximum Gasteiger partial charge on any atom is 0.335 e. The van der Waals surface area contributed by atoms with Crippen LogP contribution in [0.4, 0.5) is 4.79 Å². The second-order valence-electron chi connectivity index (χ2n) is 9.24. The molecule has 2 aliphatic rings. The van der Waals surface area contributed by atoms with Gasteiger partial charge in [-0.2, -0.15) is 0 Å². The largest absolute Gasteiger partial charge is 0.370 e. The molecule has 2 aromatic carbocycles. The third-order valence-electron chi connectivity index (χ3n) is 6.67. The molecule has 4 N–H and O–H groups in total. The van der Waals surface area contributed by atoms with Crippen LogP contribution in [0.3, 0.4) is 0 Å². The molecule has 0 saturated carbocycles. The normalized spacial score (nSPS) is 19.6. The first-order valence-corrected chi connectivity index (χ1v) is 13.5. The van der Waals surface area contributed by atoms with Crippen LogP contribution in [0.5, 0.6) is 0 Å². The molecule has 2 aromatic rings. The average Bonchev–Trinajstić information content (AvgIpc) is 3.12. The molecule has 1 atom stereocenters. The van der Waals surface area contributed by atoms with Crippen molar-refractivity contribution in [1.29, 1.82) is 5.41 Å². The van der Waals surface area contributed by atoms with Crippen LogP contribution in [0.15, 0.2) is 47.4 Å². The summed E-state index contributed by atoms with van der Waals surface area (Å²) in [6.07, 6.45) is 5.65. The standard InChI is InChI=1S/C24H34N6O3S/c25-23(26)29-15-7-8-19(17-29)18-30(24(31)28-13-5-1-2-6-14-28)27-34(32,33)22-12-11-20-9-3-4-10-21(20)16-22/h3-4,9-12,16,19,27H,1-2,5-8,13-15,17-18H2,(H3,25,26). The van der Waals surface area contributed by atoms with E-state index in [1.807, 2.05) is 24.3 Å². The predicted octanol–water partition coefficient (Wildman–Crippen LogP) is 2.94. The van der Waals surface area contributed by atoms with Gasteiger partial charge in [0, 0.05) is 32.7 Å². The molecule has 1 unspecified atom stereocenters. The number of likely N-dealkylation sites (tertiary alicyclic amines) is 2. The molecule has 4 rings (SSSR count). The van der Waals surface area contributed by atoms with Crippen molar-refractivity contribution in [3.63, 3.8) is 0 Å². The van der Waals surface area contributed by atoms with Crippen molar-refractivity contribution in [2.45, 2.75) is 43.4 Å². The van der Waals surface area contributed by atoms with Crippen LogP contribution in [-0.2, 0) is 10.0 Å². The number of carbonyl (C=O) groups is 1. The molecule has 10 heteroatoms. The van der Waals surface area contributed by atoms with Crippen molar-refractivity contribution in [2.75, 3.05) is 32.7 Å². The van der Waals surface area contributed by atoms with Crippen molar-refractivity contribution in [3.8, 4) is 0 Å². The highest BCUT2D eigenvalue weighted by molar-refractivity contribution is 7.89. The Labute approximate surface area is 201 Å². The molecule has 2 aliphatic heterocycles. The van der Waals surface area contributed by atoms with Gasteiger partial charge in [0.15, 0.2) is 5.96 Å². The van der Waals surface area contributed by atoms with Gasteiger partial charge in [0.05, 0.1) is 4.90 Å². The second kappa shape index (κ2) is 10.6. The number of amides is 2. The van der Waals surface area contributed by atoms with E-state index >= 15 is 0 Å². The number of sulfonamides is 1. The highest BCUT2D eigenvalue weighted by Crippen LogP contribution is 2.22. The topological polar surface area (TPSA) is 123 Å². The first-order chi connectivity index (χ1) is 16.3. The molecule has 2 saturated heterocycles. The van der Waals surface area contributed by atoms with Crippen LogP contribution in [0.1, 0.15) is 38.5 Å². The summed E-state index contributed by atoms with van der Waals surface area (Å²) in [5.41, 5.74) is 5.69. The molecule has 2 heterocycles. The number of benzene rings is 2. The lowest BCUT2D eigenvalue weighted by Gasteiger charge is -2.37. The summed E-state index contributed by atoms with van der Waals surface area (Å²) in [6.45, 7) is 2.70. The Balaban J connectivity index is 1.58. The minimum atomic E-state index is -3.98. The Morgan fingerprint density at radius 3 is 2.38 bits per heavy atom. The fourth-order valence-electron chi connectivity index (χ4n) is 4.81. The number of rotatable bonds is 5. The third kappa shape index (κ3) is 5.79. The molecular weight excluding hydrogens is 452 g/mol. The Morgan fingerprint density at radius 1 is 1.00 bits per heavy atom. The van der Waals surface area contributed by atoms with Crippen molar-refractivity contribution in [2.24, 2.45) is 11.7 Å². The molecular formula is C24H34N6O3S. The maximum absolute atomic E-state index is 13.5. The van der Waals surface area contributed by atoms with E-state index in [2.05, 4.69) is 4.83 Å². The Morgan fingerprint density at radius 2 is 1.68 bits per heavy atom. The van der Waals surface area contributed by atoms with E-state index in [-0.39, 0.29) is 29.3 Å². The van der Waals surface area contributed by atoms with Crippen molar-refractivity contribution >= 4 is 32.8 Å². The van der Waals surface area contributed by atoms with Gasteiger partial charge in [0.2, 0.25) is 0 Å². The lowest BCUT2D eigenvalue weighted by atomic mass is 9.98. The maximum atomic E-state index is 13.5. The molecule has 34 heavy (non-hydrogen) atoms. The zero-order chi connectivity index (χ0) is 24.1. The van der Waals surface area contributed by atoms with Gasteiger partial charge in [-0.05, 0) is 54.5 Å². The quantitative estimate of drug-likeness (QED) is 0.341. The first-order valence-electron chi connectivity index (χ1n) is 12.0. The zero-order valence-corrected chi connectivity index (χ0v) is 20.3. The highest BCUT2D eigenvalue weighted by atomic mass is 32.2. The fraction of sp³-hybridized carbons (Fsp3) is 0.500. The van der Waals surface area contributed by atoms with Gasteiger partial charge in [-0.3, -0.25) is 5.41 Å². The van der Waals surface area contributed by atoms with E-state index in [9.17, 15) is 13.2 Å². The van der Waals surface area contributed by atoms with E-state index in [0.29, 0.717) is 26.2 Å². The Kier molecular flexibility index (Phi) is 7.57. The number of piperidine rings is 1. The minimum absolute atomic E-state index is 0.00633. The number of hydrogen-bond donors (Lipinski definition) is 3. The van der Waals surface area contributed by atoms with Crippen LogP contribution >= 0.6 is 0 Å².